The van der Waals surface area contributed by atoms with E-state index in [9.17, 15) is 4.79 Å². The molecule has 0 saturated carbocycles. The summed E-state index contributed by atoms with van der Waals surface area (Å²) >= 11 is 0. The lowest BCUT2D eigenvalue weighted by Crippen LogP contribution is -2.21. The van der Waals surface area contributed by atoms with E-state index in [2.05, 4.69) is 4.99 Å². The highest BCUT2D eigenvalue weighted by molar-refractivity contribution is 5.93. The van der Waals surface area contributed by atoms with Crippen molar-refractivity contribution in [2.75, 3.05) is 0 Å². The van der Waals surface area contributed by atoms with E-state index in [1.165, 1.54) is 0 Å². The van der Waals surface area contributed by atoms with Gasteiger partial charge in [-0.15, -0.1) is 4.99 Å². The number of carbonyl (C=O) groups excluding carboxylic acids is 1. The third kappa shape index (κ3) is 2.03. The molecule has 0 saturated heterocycles. The molecule has 1 aromatic rings. The molecular weight excluding hydrogens is 146 g/mol. The molecule has 0 radical (unpaired) electrons. The molecule has 0 aliphatic rings. The van der Waals surface area contributed by atoms with Gasteiger partial charge in [0, 0.05) is 5.56 Å². The molecule has 1 aromatic carbocycles. The van der Waals surface area contributed by atoms with Gasteiger partial charge in [0.15, 0.2) is 0 Å². The first-order valence-corrected chi connectivity index (χ1v) is 3.00. The lowest BCUT2D eigenvalue weighted by Gasteiger charge is -1.97. The summed E-state index contributed by atoms with van der Waals surface area (Å²) in [6, 6.07) is 8.43. The Kier molecular flexibility index (Phi) is 2.59. The van der Waals surface area contributed by atoms with Crippen LogP contribution in [-0.2, 0) is 4.99 Å². The smallest absolute Gasteiger partial charge is 0.267 e. The summed E-state index contributed by atoms with van der Waals surface area (Å²) in [6.07, 6.45) is 0. The zero-order valence-electron chi connectivity index (χ0n) is 5.65. The predicted molar refractivity (Wildman–Crippen MR) is 37.6 cm³/mol. The van der Waals surface area contributed by atoms with Gasteiger partial charge in [0.05, 0.1) is 0 Å². The summed E-state index contributed by atoms with van der Waals surface area (Å²) < 4.78 is 0. The molecule has 1 rings (SSSR count). The van der Waals surface area contributed by atoms with E-state index in [4.69, 9.17) is 5.26 Å². The minimum Gasteiger partial charge on any atom is -0.267 e. The number of carbonyl (C=O) groups is 1. The maximum absolute atomic E-state index is 10.8. The van der Waals surface area contributed by atoms with Crippen molar-refractivity contribution in [3.63, 3.8) is 0 Å². The van der Waals surface area contributed by atoms with Gasteiger partial charge in [0.25, 0.3) is 5.91 Å². The maximum Gasteiger partial charge on any atom is 0.277 e. The number of hydrogen-bond donors (Lipinski definition) is 2. The van der Waals surface area contributed by atoms with Crippen LogP contribution in [0.15, 0.2) is 30.3 Å². The Hall–Kier alpha value is -1.39. The summed E-state index contributed by atoms with van der Waals surface area (Å²) in [5.41, 5.74) is 2.21. The van der Waals surface area contributed by atoms with Crippen LogP contribution >= 0.6 is 0 Å². The van der Waals surface area contributed by atoms with Crippen molar-refractivity contribution in [3.05, 3.63) is 35.9 Å². The molecule has 4 nitrogen and oxygen atoms in total. The van der Waals surface area contributed by atoms with E-state index in [0.29, 0.717) is 5.56 Å². The number of benzene rings is 1. The highest BCUT2D eigenvalue weighted by Gasteiger charge is 2.01. The summed E-state index contributed by atoms with van der Waals surface area (Å²) in [4.78, 5) is 14.3. The second-order valence-electron chi connectivity index (χ2n) is 1.89. The van der Waals surface area contributed by atoms with Crippen LogP contribution in [0.4, 0.5) is 0 Å². The minimum absolute atomic E-state index is 0.432. The molecule has 0 heterocycles. The molecule has 0 unspecified atom stereocenters. The van der Waals surface area contributed by atoms with E-state index in [1.807, 2.05) is 0 Å². The zero-order valence-corrected chi connectivity index (χ0v) is 5.65. The Labute approximate surface area is 63.3 Å². The molecule has 58 valence electrons. The molecule has 2 N–H and O–H groups in total. The van der Waals surface area contributed by atoms with E-state index >= 15 is 0 Å². The Morgan fingerprint density at radius 1 is 1.36 bits per heavy atom. The highest BCUT2D eigenvalue weighted by atomic mass is 17.2. The van der Waals surface area contributed by atoms with Crippen molar-refractivity contribution in [1.82, 2.24) is 5.48 Å². The topological polar surface area (TPSA) is 58.6 Å². The van der Waals surface area contributed by atoms with E-state index in [1.54, 1.807) is 35.8 Å². The van der Waals surface area contributed by atoms with E-state index in [0.717, 1.165) is 0 Å². The first-order chi connectivity index (χ1) is 5.34. The molecule has 1 amide bonds. The number of hydroxylamine groups is 1. The second kappa shape index (κ2) is 3.70. The fourth-order valence-corrected chi connectivity index (χ4v) is 0.690. The van der Waals surface area contributed by atoms with Crippen molar-refractivity contribution >= 4 is 5.91 Å². The first-order valence-electron chi connectivity index (χ1n) is 3.00. The summed E-state index contributed by atoms with van der Waals surface area (Å²) in [5, 5.41) is 7.87. The van der Waals surface area contributed by atoms with Crippen LogP contribution in [0.3, 0.4) is 0 Å². The van der Waals surface area contributed by atoms with Crippen LogP contribution in [0, 0.1) is 0 Å². The lowest BCUT2D eigenvalue weighted by atomic mass is 10.2. The van der Waals surface area contributed by atoms with Crippen molar-refractivity contribution in [2.24, 2.45) is 0 Å². The molecule has 0 bridgehead atoms. The molecule has 4 heteroatoms. The molecule has 0 fully saturated rings. The molecule has 0 atom stereocenters. The summed E-state index contributed by atoms with van der Waals surface area (Å²) in [7, 11) is 0. The molecule has 11 heavy (non-hydrogen) atoms. The van der Waals surface area contributed by atoms with E-state index in [-0.39, 0.29) is 0 Å². The SMILES string of the molecule is O=C(NOO)c1ccccc1. The zero-order chi connectivity index (χ0) is 8.10. The third-order valence-electron chi connectivity index (χ3n) is 1.17. The maximum atomic E-state index is 10.8. The Balaban J connectivity index is 2.69. The number of rotatable bonds is 2. The quantitative estimate of drug-likeness (QED) is 0.488. The molecule has 0 spiro atoms. The Morgan fingerprint density at radius 2 is 2.00 bits per heavy atom. The van der Waals surface area contributed by atoms with Crippen molar-refractivity contribution < 1.29 is 15.0 Å². The first kappa shape index (κ1) is 7.71. The van der Waals surface area contributed by atoms with Crippen LogP contribution in [0.1, 0.15) is 10.4 Å². The van der Waals surface area contributed by atoms with Crippen LogP contribution in [0.5, 0.6) is 0 Å². The molecular formula is C7H7NO3. The van der Waals surface area contributed by atoms with Crippen molar-refractivity contribution in [2.45, 2.75) is 0 Å². The predicted octanol–water partition coefficient (Wildman–Crippen LogP) is 0.821. The number of nitrogens with one attached hydrogen (secondary N) is 1. The van der Waals surface area contributed by atoms with Gasteiger partial charge in [-0.25, -0.2) is 5.26 Å². The lowest BCUT2D eigenvalue weighted by molar-refractivity contribution is -0.277. The van der Waals surface area contributed by atoms with Gasteiger partial charge in [-0.05, 0) is 12.1 Å². The van der Waals surface area contributed by atoms with Gasteiger partial charge >= 0.3 is 0 Å². The molecule has 0 aromatic heterocycles. The van der Waals surface area contributed by atoms with Gasteiger partial charge in [-0.2, -0.15) is 5.48 Å². The van der Waals surface area contributed by atoms with Crippen LogP contribution < -0.4 is 5.48 Å². The summed E-state index contributed by atoms with van der Waals surface area (Å²) in [5.74, 6) is -0.479. The highest BCUT2D eigenvalue weighted by Crippen LogP contribution is 1.96. The van der Waals surface area contributed by atoms with Gasteiger partial charge in [0.1, 0.15) is 0 Å². The Bertz CT molecular complexity index is 235. The van der Waals surface area contributed by atoms with Crippen molar-refractivity contribution in [1.29, 1.82) is 0 Å². The minimum atomic E-state index is -0.479. The fraction of sp³-hybridized carbons (Fsp3) is 0. The van der Waals surface area contributed by atoms with Gasteiger partial charge in [0.2, 0.25) is 0 Å². The van der Waals surface area contributed by atoms with Gasteiger partial charge < -0.3 is 0 Å². The third-order valence-corrected chi connectivity index (χ3v) is 1.17. The Morgan fingerprint density at radius 3 is 2.55 bits per heavy atom. The average molecular weight is 153 g/mol. The van der Waals surface area contributed by atoms with Gasteiger partial charge in [-0.3, -0.25) is 4.79 Å². The van der Waals surface area contributed by atoms with Crippen molar-refractivity contribution in [3.8, 4) is 0 Å². The van der Waals surface area contributed by atoms with Gasteiger partial charge in [-0.1, -0.05) is 18.2 Å². The molecule has 0 aliphatic carbocycles. The van der Waals surface area contributed by atoms with Crippen LogP contribution in [0.25, 0.3) is 0 Å². The average Bonchev–Trinajstić information content (AvgIpc) is 2.07. The normalized spacial score (nSPS) is 9.18. The number of hydrogen-bond acceptors (Lipinski definition) is 3. The van der Waals surface area contributed by atoms with Crippen LogP contribution in [0.2, 0.25) is 0 Å². The standard InChI is InChI=1S/C7H7NO3/c9-7(8-11-10)6-4-2-1-3-5-6/h1-5,10H,(H,8,9). The molecule has 0 aliphatic heterocycles. The fourth-order valence-electron chi connectivity index (χ4n) is 0.690. The summed E-state index contributed by atoms with van der Waals surface area (Å²) in [6.45, 7) is 0. The second-order valence-corrected chi connectivity index (χ2v) is 1.89. The monoisotopic (exact) mass is 153 g/mol. The van der Waals surface area contributed by atoms with Crippen LogP contribution in [-0.4, -0.2) is 11.2 Å². The largest absolute Gasteiger partial charge is 0.277 e. The van der Waals surface area contributed by atoms with E-state index < -0.39 is 5.91 Å². The number of amides is 1.